The van der Waals surface area contributed by atoms with E-state index in [2.05, 4.69) is 20.4 Å². The molecule has 64 valence electrons. The van der Waals surface area contributed by atoms with E-state index in [1.807, 2.05) is 0 Å². The molecule has 0 bridgehead atoms. The van der Waals surface area contributed by atoms with Crippen LogP contribution in [-0.2, 0) is 0 Å². The van der Waals surface area contributed by atoms with E-state index in [0.29, 0.717) is 5.41 Å². The highest BCUT2D eigenvalue weighted by atomic mass is 16.3. The van der Waals surface area contributed by atoms with Crippen molar-refractivity contribution in [1.29, 1.82) is 0 Å². The summed E-state index contributed by atoms with van der Waals surface area (Å²) < 4.78 is 0. The molecule has 0 aromatic heterocycles. The summed E-state index contributed by atoms with van der Waals surface area (Å²) in [6, 6.07) is 0. The molecule has 1 saturated carbocycles. The van der Waals surface area contributed by atoms with Crippen LogP contribution in [0.15, 0.2) is 12.2 Å². The van der Waals surface area contributed by atoms with Gasteiger partial charge in [-0.25, -0.2) is 0 Å². The van der Waals surface area contributed by atoms with Crippen LogP contribution in [0.3, 0.4) is 0 Å². The van der Waals surface area contributed by atoms with Gasteiger partial charge in [-0.3, -0.25) is 0 Å². The SMILES string of the molecule is C=C1CC(O)CCC1(C)CC. The summed E-state index contributed by atoms with van der Waals surface area (Å²) >= 11 is 0. The maximum atomic E-state index is 9.35. The average molecular weight is 154 g/mol. The summed E-state index contributed by atoms with van der Waals surface area (Å²) in [6.07, 6.45) is 3.89. The molecule has 0 radical (unpaired) electrons. The molecule has 1 nitrogen and oxygen atoms in total. The van der Waals surface area contributed by atoms with Crippen molar-refractivity contribution in [2.24, 2.45) is 5.41 Å². The molecule has 1 fully saturated rings. The van der Waals surface area contributed by atoms with E-state index >= 15 is 0 Å². The van der Waals surface area contributed by atoms with Crippen LogP contribution in [-0.4, -0.2) is 11.2 Å². The molecule has 1 aliphatic carbocycles. The molecule has 1 aliphatic rings. The molecule has 0 aliphatic heterocycles. The lowest BCUT2D eigenvalue weighted by Gasteiger charge is -2.37. The van der Waals surface area contributed by atoms with Gasteiger partial charge in [0.25, 0.3) is 0 Å². The number of aliphatic hydroxyl groups is 1. The molecule has 0 aromatic carbocycles. The molecule has 0 saturated heterocycles. The van der Waals surface area contributed by atoms with Crippen LogP contribution in [0, 0.1) is 5.41 Å². The average Bonchev–Trinajstić information content (AvgIpc) is 1.98. The van der Waals surface area contributed by atoms with Gasteiger partial charge in [-0.05, 0) is 31.1 Å². The van der Waals surface area contributed by atoms with Crippen LogP contribution < -0.4 is 0 Å². The first kappa shape index (κ1) is 8.79. The van der Waals surface area contributed by atoms with E-state index in [4.69, 9.17) is 0 Å². The predicted molar refractivity (Wildman–Crippen MR) is 47.4 cm³/mol. The first-order valence-electron chi connectivity index (χ1n) is 4.45. The van der Waals surface area contributed by atoms with Crippen LogP contribution in [0.1, 0.15) is 39.5 Å². The molecule has 0 amide bonds. The Labute approximate surface area is 69.1 Å². The Bertz CT molecular complexity index is 162. The summed E-state index contributed by atoms with van der Waals surface area (Å²) in [5.41, 5.74) is 1.54. The predicted octanol–water partition coefficient (Wildman–Crippen LogP) is 2.50. The second-order valence-corrected chi connectivity index (χ2v) is 3.91. The van der Waals surface area contributed by atoms with Crippen molar-refractivity contribution >= 4 is 0 Å². The van der Waals surface area contributed by atoms with Gasteiger partial charge in [0.05, 0.1) is 6.10 Å². The first-order valence-corrected chi connectivity index (χ1v) is 4.45. The van der Waals surface area contributed by atoms with E-state index in [0.717, 1.165) is 25.7 Å². The van der Waals surface area contributed by atoms with Crippen LogP contribution in [0.4, 0.5) is 0 Å². The van der Waals surface area contributed by atoms with Gasteiger partial charge >= 0.3 is 0 Å². The first-order chi connectivity index (χ1) is 5.08. The zero-order chi connectivity index (χ0) is 8.48. The Kier molecular flexibility index (Phi) is 2.38. The summed E-state index contributed by atoms with van der Waals surface area (Å²) in [4.78, 5) is 0. The van der Waals surface area contributed by atoms with Gasteiger partial charge < -0.3 is 5.11 Å². The Morgan fingerprint density at radius 2 is 2.36 bits per heavy atom. The van der Waals surface area contributed by atoms with Crippen molar-refractivity contribution in [2.45, 2.75) is 45.6 Å². The molecular formula is C10H18O. The van der Waals surface area contributed by atoms with Gasteiger partial charge in [-0.1, -0.05) is 26.0 Å². The molecule has 2 atom stereocenters. The largest absolute Gasteiger partial charge is 0.393 e. The van der Waals surface area contributed by atoms with Crippen LogP contribution in [0.25, 0.3) is 0 Å². The van der Waals surface area contributed by atoms with E-state index in [1.54, 1.807) is 0 Å². The minimum absolute atomic E-state index is 0.123. The lowest BCUT2D eigenvalue weighted by molar-refractivity contribution is 0.110. The van der Waals surface area contributed by atoms with Gasteiger partial charge in [0.15, 0.2) is 0 Å². The van der Waals surface area contributed by atoms with Crippen molar-refractivity contribution in [3.05, 3.63) is 12.2 Å². The highest BCUT2D eigenvalue weighted by Crippen LogP contribution is 2.41. The molecule has 1 N–H and O–H groups in total. The molecule has 0 spiro atoms. The third-order valence-corrected chi connectivity index (χ3v) is 3.15. The highest BCUT2D eigenvalue weighted by molar-refractivity contribution is 5.12. The van der Waals surface area contributed by atoms with Crippen molar-refractivity contribution in [3.8, 4) is 0 Å². The molecule has 0 aromatic rings. The fraction of sp³-hybridized carbons (Fsp3) is 0.800. The van der Waals surface area contributed by atoms with Crippen LogP contribution >= 0.6 is 0 Å². The summed E-state index contributed by atoms with van der Waals surface area (Å²) in [6.45, 7) is 8.48. The summed E-state index contributed by atoms with van der Waals surface area (Å²) in [5, 5.41) is 9.35. The molecule has 1 rings (SSSR count). The van der Waals surface area contributed by atoms with Gasteiger partial charge in [0, 0.05) is 0 Å². The van der Waals surface area contributed by atoms with Crippen molar-refractivity contribution in [3.63, 3.8) is 0 Å². The minimum Gasteiger partial charge on any atom is -0.393 e. The Balaban J connectivity index is 2.64. The van der Waals surface area contributed by atoms with Crippen molar-refractivity contribution < 1.29 is 5.11 Å². The van der Waals surface area contributed by atoms with Gasteiger partial charge in [-0.2, -0.15) is 0 Å². The monoisotopic (exact) mass is 154 g/mol. The number of hydrogen-bond donors (Lipinski definition) is 1. The standard InChI is InChI=1S/C10H18O/c1-4-10(3)6-5-9(11)7-8(10)2/h9,11H,2,4-7H2,1,3H3. The second kappa shape index (κ2) is 2.98. The van der Waals surface area contributed by atoms with Crippen LogP contribution in [0.2, 0.25) is 0 Å². The van der Waals surface area contributed by atoms with E-state index in [1.165, 1.54) is 5.57 Å². The van der Waals surface area contributed by atoms with E-state index in [9.17, 15) is 5.11 Å². The third-order valence-electron chi connectivity index (χ3n) is 3.15. The molecule has 0 heterocycles. The number of aliphatic hydroxyl groups excluding tert-OH is 1. The fourth-order valence-electron chi connectivity index (χ4n) is 1.72. The van der Waals surface area contributed by atoms with Crippen molar-refractivity contribution in [2.75, 3.05) is 0 Å². The number of rotatable bonds is 1. The Morgan fingerprint density at radius 1 is 1.73 bits per heavy atom. The van der Waals surface area contributed by atoms with Gasteiger partial charge in [0.1, 0.15) is 0 Å². The summed E-state index contributed by atoms with van der Waals surface area (Å²) in [5.74, 6) is 0. The zero-order valence-corrected chi connectivity index (χ0v) is 7.56. The van der Waals surface area contributed by atoms with Gasteiger partial charge in [0.2, 0.25) is 0 Å². The molecule has 11 heavy (non-hydrogen) atoms. The normalized spacial score (nSPS) is 39.2. The molecule has 1 heteroatoms. The smallest absolute Gasteiger partial charge is 0.0577 e. The highest BCUT2D eigenvalue weighted by Gasteiger charge is 2.31. The Hall–Kier alpha value is -0.300. The third kappa shape index (κ3) is 1.64. The van der Waals surface area contributed by atoms with Crippen molar-refractivity contribution in [1.82, 2.24) is 0 Å². The number of hydrogen-bond acceptors (Lipinski definition) is 1. The van der Waals surface area contributed by atoms with Crippen LogP contribution in [0.5, 0.6) is 0 Å². The maximum Gasteiger partial charge on any atom is 0.0577 e. The second-order valence-electron chi connectivity index (χ2n) is 3.91. The Morgan fingerprint density at radius 3 is 2.82 bits per heavy atom. The minimum atomic E-state index is -0.123. The lowest BCUT2D eigenvalue weighted by atomic mass is 9.70. The van der Waals surface area contributed by atoms with E-state index in [-0.39, 0.29) is 6.10 Å². The van der Waals surface area contributed by atoms with Gasteiger partial charge in [-0.15, -0.1) is 0 Å². The molecular weight excluding hydrogens is 136 g/mol. The lowest BCUT2D eigenvalue weighted by Crippen LogP contribution is -2.28. The fourth-order valence-corrected chi connectivity index (χ4v) is 1.72. The topological polar surface area (TPSA) is 20.2 Å². The zero-order valence-electron chi connectivity index (χ0n) is 7.56. The molecule has 2 unspecified atom stereocenters. The maximum absolute atomic E-state index is 9.35. The van der Waals surface area contributed by atoms with E-state index < -0.39 is 0 Å². The quantitative estimate of drug-likeness (QED) is 0.575. The summed E-state index contributed by atoms with van der Waals surface area (Å²) in [7, 11) is 0.